The third-order valence-corrected chi connectivity index (χ3v) is 6.48. The van der Waals surface area contributed by atoms with Gasteiger partial charge in [-0.1, -0.05) is 66.7 Å². The Labute approximate surface area is 192 Å². The minimum Gasteiger partial charge on any atom is -0.459 e. The molecule has 0 radical (unpaired) electrons. The van der Waals surface area contributed by atoms with Crippen LogP contribution in [0.2, 0.25) is 0 Å². The molecule has 0 amide bonds. The molecule has 0 aliphatic rings. The summed E-state index contributed by atoms with van der Waals surface area (Å²) in [5.74, 6) is 0. The van der Waals surface area contributed by atoms with Gasteiger partial charge in [-0.2, -0.15) is 0 Å². The zero-order valence-corrected chi connectivity index (χ0v) is 18.3. The van der Waals surface area contributed by atoms with Gasteiger partial charge in [-0.25, -0.2) is 0 Å². The van der Waals surface area contributed by atoms with Crippen molar-refractivity contribution in [2.45, 2.75) is 12.3 Å². The van der Waals surface area contributed by atoms with Crippen LogP contribution in [0.3, 0.4) is 0 Å². The van der Waals surface area contributed by atoms with Gasteiger partial charge < -0.3 is 4.42 Å². The van der Waals surface area contributed by atoms with E-state index in [4.69, 9.17) is 9.40 Å². The monoisotopic (exact) mass is 426 g/mol. The maximum Gasteiger partial charge on any atom is 0.176 e. The van der Waals surface area contributed by atoms with Crippen molar-refractivity contribution in [1.82, 2.24) is 4.98 Å². The normalized spacial score (nSPS) is 13.2. The fourth-order valence-corrected chi connectivity index (χ4v) is 4.68. The third kappa shape index (κ3) is 3.13. The second-order valence-corrected chi connectivity index (χ2v) is 8.38. The number of benzene rings is 3. The molecule has 3 heteroatoms. The van der Waals surface area contributed by atoms with Crippen LogP contribution >= 0.6 is 0 Å². The maximum atomic E-state index is 6.36. The Hall–Kier alpha value is -4.24. The predicted molar refractivity (Wildman–Crippen MR) is 130 cm³/mol. The highest BCUT2D eigenvalue weighted by Crippen LogP contribution is 2.41. The number of rotatable bonds is 4. The molecular formula is C30H22N2O. The van der Waals surface area contributed by atoms with Gasteiger partial charge in [-0.15, -0.1) is 6.07 Å². The molecule has 0 saturated carbocycles. The van der Waals surface area contributed by atoms with Crippen molar-refractivity contribution in [3.05, 3.63) is 139 Å². The summed E-state index contributed by atoms with van der Waals surface area (Å²) in [6, 6.07) is 35.3. The molecule has 3 aromatic heterocycles. The maximum absolute atomic E-state index is 6.36. The van der Waals surface area contributed by atoms with Crippen LogP contribution < -0.4 is 4.57 Å². The average Bonchev–Trinajstić information content (AvgIpc) is 3.28. The first-order valence-corrected chi connectivity index (χ1v) is 11.1. The molecule has 0 N–H and O–H groups in total. The number of para-hydroxylation sites is 1. The van der Waals surface area contributed by atoms with Gasteiger partial charge in [0.05, 0.1) is 17.3 Å². The molecule has 6 aromatic rings. The Kier molecular flexibility index (Phi) is 4.55. The first kappa shape index (κ1) is 19.4. The van der Waals surface area contributed by atoms with E-state index < -0.39 is 5.41 Å². The van der Waals surface area contributed by atoms with Crippen LogP contribution in [-0.2, 0) is 5.41 Å². The van der Waals surface area contributed by atoms with Crippen molar-refractivity contribution in [2.75, 3.05) is 0 Å². The van der Waals surface area contributed by atoms with E-state index in [0.717, 1.165) is 38.9 Å². The summed E-state index contributed by atoms with van der Waals surface area (Å²) in [5.41, 5.74) is 5.55. The fourth-order valence-electron chi connectivity index (χ4n) is 4.68. The Bertz CT molecular complexity index is 1520. The van der Waals surface area contributed by atoms with Gasteiger partial charge >= 0.3 is 0 Å². The zero-order valence-electron chi connectivity index (χ0n) is 18.3. The van der Waals surface area contributed by atoms with Crippen LogP contribution in [0.15, 0.2) is 120 Å². The van der Waals surface area contributed by atoms with Gasteiger partial charge in [0.1, 0.15) is 5.58 Å². The van der Waals surface area contributed by atoms with Crippen LogP contribution in [0.25, 0.3) is 27.6 Å². The van der Waals surface area contributed by atoms with Crippen LogP contribution in [0.4, 0.5) is 0 Å². The molecule has 1 atom stereocenters. The molecule has 158 valence electrons. The molecule has 3 aromatic carbocycles. The van der Waals surface area contributed by atoms with E-state index in [9.17, 15) is 0 Å². The van der Waals surface area contributed by atoms with Crippen molar-refractivity contribution in [3.63, 3.8) is 0 Å². The number of nitrogens with zero attached hydrogens (tertiary/aromatic N) is 2. The molecule has 0 aliphatic heterocycles. The van der Waals surface area contributed by atoms with Crippen molar-refractivity contribution in [1.29, 1.82) is 0 Å². The number of aromatic nitrogens is 2. The van der Waals surface area contributed by atoms with Crippen LogP contribution in [-0.4, -0.2) is 4.98 Å². The topological polar surface area (TPSA) is 29.9 Å². The van der Waals surface area contributed by atoms with Gasteiger partial charge in [0.25, 0.3) is 0 Å². The van der Waals surface area contributed by atoms with Gasteiger partial charge in [0, 0.05) is 17.0 Å². The van der Waals surface area contributed by atoms with Crippen molar-refractivity contribution in [3.8, 4) is 5.69 Å². The summed E-state index contributed by atoms with van der Waals surface area (Å²) in [5, 5.41) is 2.18. The van der Waals surface area contributed by atoms with E-state index in [1.165, 1.54) is 5.56 Å². The Balaban J connectivity index is 1.73. The lowest BCUT2D eigenvalue weighted by molar-refractivity contribution is -0.599. The van der Waals surface area contributed by atoms with Gasteiger partial charge in [0.2, 0.25) is 0 Å². The van der Waals surface area contributed by atoms with E-state index in [1.807, 2.05) is 53.4 Å². The van der Waals surface area contributed by atoms with Crippen molar-refractivity contribution >= 4 is 21.9 Å². The SMILES string of the molecule is CC(c1ccccc1)(c1cc(-[n+]2[c-]cccc2)c2oc3ccccc3c2c1)c1ccccn1. The third-order valence-electron chi connectivity index (χ3n) is 6.48. The van der Waals surface area contributed by atoms with Crippen molar-refractivity contribution < 1.29 is 8.98 Å². The summed E-state index contributed by atoms with van der Waals surface area (Å²) in [7, 11) is 0. The molecule has 3 heterocycles. The number of hydrogen-bond acceptors (Lipinski definition) is 2. The standard InChI is InChI=1S/C30H22N2O/c1-30(22-12-4-2-5-13-22,28-16-8-9-17-31-28)23-20-25-24-14-6-7-15-27(24)33-29(25)26(21-23)32-18-10-3-11-19-32/h2-18,20-21H,1H3. The molecule has 1 unspecified atom stereocenters. The molecule has 3 nitrogen and oxygen atoms in total. The smallest absolute Gasteiger partial charge is 0.176 e. The summed E-state index contributed by atoms with van der Waals surface area (Å²) >= 11 is 0. The number of hydrogen-bond donors (Lipinski definition) is 0. The second kappa shape index (κ2) is 7.72. The summed E-state index contributed by atoms with van der Waals surface area (Å²) in [6.07, 6.45) is 7.19. The Morgan fingerprint density at radius 3 is 2.39 bits per heavy atom. The quantitative estimate of drug-likeness (QED) is 0.241. The van der Waals surface area contributed by atoms with Crippen LogP contribution in [0, 0.1) is 6.20 Å². The van der Waals surface area contributed by atoms with Crippen molar-refractivity contribution in [2.24, 2.45) is 0 Å². The minimum atomic E-state index is -0.459. The first-order chi connectivity index (χ1) is 16.2. The molecule has 0 bridgehead atoms. The predicted octanol–water partition coefficient (Wildman–Crippen LogP) is 6.41. The van der Waals surface area contributed by atoms with E-state index in [2.05, 4.69) is 79.9 Å². The van der Waals surface area contributed by atoms with E-state index >= 15 is 0 Å². The molecule has 0 aliphatic carbocycles. The molecule has 0 spiro atoms. The molecule has 0 fully saturated rings. The number of pyridine rings is 2. The van der Waals surface area contributed by atoms with E-state index in [0.29, 0.717) is 0 Å². The van der Waals surface area contributed by atoms with Gasteiger partial charge in [-0.05, 0) is 48.4 Å². The lowest BCUT2D eigenvalue weighted by Gasteiger charge is -2.31. The summed E-state index contributed by atoms with van der Waals surface area (Å²) in [6.45, 7) is 2.25. The summed E-state index contributed by atoms with van der Waals surface area (Å²) < 4.78 is 8.36. The molecule has 0 saturated heterocycles. The minimum absolute atomic E-state index is 0.459. The highest BCUT2D eigenvalue weighted by molar-refractivity contribution is 6.07. The fraction of sp³-hybridized carbons (Fsp3) is 0.0667. The highest BCUT2D eigenvalue weighted by atomic mass is 16.3. The van der Waals surface area contributed by atoms with E-state index in [1.54, 1.807) is 0 Å². The van der Waals surface area contributed by atoms with Crippen LogP contribution in [0.5, 0.6) is 0 Å². The highest BCUT2D eigenvalue weighted by Gasteiger charge is 2.34. The lowest BCUT2D eigenvalue weighted by Crippen LogP contribution is -2.32. The largest absolute Gasteiger partial charge is 0.459 e. The second-order valence-electron chi connectivity index (χ2n) is 8.38. The number of furan rings is 1. The zero-order chi connectivity index (χ0) is 22.3. The molecular weight excluding hydrogens is 404 g/mol. The van der Waals surface area contributed by atoms with Gasteiger partial charge in [0.15, 0.2) is 17.5 Å². The number of fused-ring (bicyclic) bond motifs is 3. The summed E-state index contributed by atoms with van der Waals surface area (Å²) in [4.78, 5) is 4.80. The van der Waals surface area contributed by atoms with E-state index in [-0.39, 0.29) is 0 Å². The van der Waals surface area contributed by atoms with Crippen LogP contribution in [0.1, 0.15) is 23.7 Å². The lowest BCUT2D eigenvalue weighted by atomic mass is 9.73. The Morgan fingerprint density at radius 2 is 1.61 bits per heavy atom. The average molecular weight is 427 g/mol. The Morgan fingerprint density at radius 1 is 0.788 bits per heavy atom. The molecule has 6 rings (SSSR count). The first-order valence-electron chi connectivity index (χ1n) is 11.1. The van der Waals surface area contributed by atoms with Gasteiger partial charge in [-0.3, -0.25) is 9.55 Å². The molecule has 33 heavy (non-hydrogen) atoms.